The van der Waals surface area contributed by atoms with Crippen LogP contribution in [0.5, 0.6) is 0 Å². The predicted molar refractivity (Wildman–Crippen MR) is 89.1 cm³/mol. The SMILES string of the molecule is O=C(CCc1nc(-c2ccco2)no1)NCCc1ccc(Br)s1. The van der Waals surface area contributed by atoms with Crippen LogP contribution in [-0.4, -0.2) is 22.6 Å². The molecule has 3 rings (SSSR count). The third-order valence-corrected chi connectivity index (χ3v) is 4.78. The van der Waals surface area contributed by atoms with Gasteiger partial charge in [0.1, 0.15) is 0 Å². The van der Waals surface area contributed by atoms with Gasteiger partial charge in [0.25, 0.3) is 0 Å². The summed E-state index contributed by atoms with van der Waals surface area (Å²) in [6.07, 6.45) is 3.09. The third-order valence-electron chi connectivity index (χ3n) is 3.10. The lowest BCUT2D eigenvalue weighted by Gasteiger charge is -2.02. The molecule has 3 aromatic rings. The average molecular weight is 396 g/mol. The number of aromatic nitrogens is 2. The van der Waals surface area contributed by atoms with E-state index in [2.05, 4.69) is 37.5 Å². The third kappa shape index (κ3) is 4.52. The monoisotopic (exact) mass is 395 g/mol. The second-order valence-corrected chi connectivity index (χ2v) is 7.34. The molecule has 23 heavy (non-hydrogen) atoms. The molecule has 0 fully saturated rings. The molecular weight excluding hydrogens is 382 g/mol. The summed E-state index contributed by atoms with van der Waals surface area (Å²) in [5.41, 5.74) is 0. The highest BCUT2D eigenvalue weighted by Gasteiger charge is 2.12. The molecule has 0 spiro atoms. The van der Waals surface area contributed by atoms with Crippen LogP contribution < -0.4 is 5.32 Å². The van der Waals surface area contributed by atoms with E-state index < -0.39 is 0 Å². The van der Waals surface area contributed by atoms with Crippen LogP contribution in [0.3, 0.4) is 0 Å². The molecule has 0 aliphatic rings. The van der Waals surface area contributed by atoms with E-state index in [1.54, 1.807) is 29.7 Å². The normalized spacial score (nSPS) is 10.8. The highest BCUT2D eigenvalue weighted by atomic mass is 79.9. The van der Waals surface area contributed by atoms with Crippen molar-refractivity contribution in [3.05, 3.63) is 45.1 Å². The average Bonchev–Trinajstić information content (AvgIpc) is 3.26. The smallest absolute Gasteiger partial charge is 0.238 e. The summed E-state index contributed by atoms with van der Waals surface area (Å²) in [6.45, 7) is 0.618. The molecule has 6 nitrogen and oxygen atoms in total. The largest absolute Gasteiger partial charge is 0.461 e. The molecule has 0 radical (unpaired) electrons. The van der Waals surface area contributed by atoms with Gasteiger partial charge in [-0.2, -0.15) is 4.98 Å². The molecule has 0 aromatic carbocycles. The van der Waals surface area contributed by atoms with E-state index in [1.807, 2.05) is 6.07 Å². The summed E-state index contributed by atoms with van der Waals surface area (Å²) in [6, 6.07) is 7.57. The second-order valence-electron chi connectivity index (χ2n) is 4.79. The lowest BCUT2D eigenvalue weighted by Crippen LogP contribution is -2.25. The first-order chi connectivity index (χ1) is 11.2. The van der Waals surface area contributed by atoms with Crippen LogP contribution in [0.25, 0.3) is 11.6 Å². The summed E-state index contributed by atoms with van der Waals surface area (Å²) < 4.78 is 11.4. The molecule has 0 saturated heterocycles. The van der Waals surface area contributed by atoms with E-state index >= 15 is 0 Å². The highest BCUT2D eigenvalue weighted by molar-refractivity contribution is 9.11. The van der Waals surface area contributed by atoms with Crippen molar-refractivity contribution in [3.8, 4) is 11.6 Å². The Morgan fingerprint density at radius 1 is 1.30 bits per heavy atom. The summed E-state index contributed by atoms with van der Waals surface area (Å²) >= 11 is 5.10. The first kappa shape index (κ1) is 15.9. The molecule has 120 valence electrons. The minimum atomic E-state index is -0.0293. The Hall–Kier alpha value is -1.93. The molecular formula is C15H14BrN3O3S. The number of amides is 1. The van der Waals surface area contributed by atoms with E-state index in [9.17, 15) is 4.79 Å². The number of rotatable bonds is 7. The maximum atomic E-state index is 11.8. The van der Waals surface area contributed by atoms with Crippen LogP contribution in [0.2, 0.25) is 0 Å². The van der Waals surface area contributed by atoms with Gasteiger partial charge >= 0.3 is 0 Å². The van der Waals surface area contributed by atoms with Gasteiger partial charge in [0.05, 0.1) is 10.0 Å². The Balaban J connectivity index is 1.40. The number of carbonyl (C=O) groups excluding carboxylic acids is 1. The van der Waals surface area contributed by atoms with E-state index in [1.165, 1.54) is 4.88 Å². The number of carbonyl (C=O) groups is 1. The lowest BCUT2D eigenvalue weighted by molar-refractivity contribution is -0.121. The lowest BCUT2D eigenvalue weighted by atomic mass is 10.3. The van der Waals surface area contributed by atoms with Gasteiger partial charge in [-0.05, 0) is 46.6 Å². The molecule has 0 aliphatic heterocycles. The van der Waals surface area contributed by atoms with E-state index in [0.29, 0.717) is 36.9 Å². The molecule has 1 amide bonds. The van der Waals surface area contributed by atoms with Crippen LogP contribution in [-0.2, 0) is 17.6 Å². The molecule has 3 aromatic heterocycles. The summed E-state index contributed by atoms with van der Waals surface area (Å²) in [5.74, 6) is 1.34. The second kappa shape index (κ2) is 7.56. The van der Waals surface area contributed by atoms with Gasteiger partial charge < -0.3 is 14.3 Å². The summed E-state index contributed by atoms with van der Waals surface area (Å²) in [4.78, 5) is 17.3. The number of nitrogens with zero attached hydrogens (tertiary/aromatic N) is 2. The zero-order valence-corrected chi connectivity index (χ0v) is 14.5. The van der Waals surface area contributed by atoms with Crippen molar-refractivity contribution in [2.24, 2.45) is 0 Å². The van der Waals surface area contributed by atoms with Crippen molar-refractivity contribution in [1.29, 1.82) is 0 Å². The molecule has 0 saturated carbocycles. The number of aryl methyl sites for hydroxylation is 1. The Kier molecular flexibility index (Phi) is 5.24. The maximum absolute atomic E-state index is 11.8. The predicted octanol–water partition coefficient (Wildman–Crippen LogP) is 3.45. The van der Waals surface area contributed by atoms with Gasteiger partial charge in [-0.3, -0.25) is 4.79 Å². The van der Waals surface area contributed by atoms with Gasteiger partial charge in [-0.25, -0.2) is 0 Å². The summed E-state index contributed by atoms with van der Waals surface area (Å²) in [7, 11) is 0. The zero-order valence-electron chi connectivity index (χ0n) is 12.1. The topological polar surface area (TPSA) is 81.2 Å². The maximum Gasteiger partial charge on any atom is 0.238 e. The van der Waals surface area contributed by atoms with Crippen molar-refractivity contribution < 1.29 is 13.7 Å². The van der Waals surface area contributed by atoms with Gasteiger partial charge in [0.15, 0.2) is 5.76 Å². The molecule has 1 N–H and O–H groups in total. The molecule has 8 heteroatoms. The van der Waals surface area contributed by atoms with Crippen molar-refractivity contribution in [1.82, 2.24) is 15.5 Å². The number of hydrogen-bond donors (Lipinski definition) is 1. The van der Waals surface area contributed by atoms with Crippen LogP contribution >= 0.6 is 27.3 Å². The van der Waals surface area contributed by atoms with Crippen LogP contribution in [0.15, 0.2) is 43.3 Å². The quantitative estimate of drug-likeness (QED) is 0.662. The minimum Gasteiger partial charge on any atom is -0.461 e. The van der Waals surface area contributed by atoms with Crippen molar-refractivity contribution in [2.45, 2.75) is 19.3 Å². The van der Waals surface area contributed by atoms with Crippen LogP contribution in [0, 0.1) is 0 Å². The van der Waals surface area contributed by atoms with E-state index in [-0.39, 0.29) is 5.91 Å². The molecule has 3 heterocycles. The van der Waals surface area contributed by atoms with E-state index in [0.717, 1.165) is 10.2 Å². The Morgan fingerprint density at radius 2 is 2.22 bits per heavy atom. The fourth-order valence-electron chi connectivity index (χ4n) is 1.98. The molecule has 0 bridgehead atoms. The fraction of sp³-hybridized carbons (Fsp3) is 0.267. The van der Waals surface area contributed by atoms with Gasteiger partial charge in [-0.1, -0.05) is 5.16 Å². The summed E-state index contributed by atoms with van der Waals surface area (Å²) in [5, 5.41) is 6.72. The number of halogens is 1. The first-order valence-corrected chi connectivity index (χ1v) is 8.69. The Bertz CT molecular complexity index is 767. The Morgan fingerprint density at radius 3 is 2.96 bits per heavy atom. The molecule has 0 atom stereocenters. The van der Waals surface area contributed by atoms with Crippen molar-refractivity contribution in [3.63, 3.8) is 0 Å². The fourth-order valence-corrected chi connectivity index (χ4v) is 3.47. The minimum absolute atomic E-state index is 0.0293. The van der Waals surface area contributed by atoms with Crippen LogP contribution in [0.1, 0.15) is 17.2 Å². The standard InChI is InChI=1S/C15H14BrN3O3S/c16-12-4-3-10(23-12)7-8-17-13(20)5-6-14-18-15(19-22-14)11-2-1-9-21-11/h1-4,9H,5-8H2,(H,17,20). The number of furan rings is 1. The van der Waals surface area contributed by atoms with Crippen LogP contribution in [0.4, 0.5) is 0 Å². The first-order valence-electron chi connectivity index (χ1n) is 7.08. The number of hydrogen-bond acceptors (Lipinski definition) is 6. The van der Waals surface area contributed by atoms with Crippen molar-refractivity contribution >= 4 is 33.2 Å². The van der Waals surface area contributed by atoms with Gasteiger partial charge in [0, 0.05) is 24.3 Å². The van der Waals surface area contributed by atoms with Crippen molar-refractivity contribution in [2.75, 3.05) is 6.54 Å². The number of thiophene rings is 1. The van der Waals surface area contributed by atoms with E-state index in [4.69, 9.17) is 8.94 Å². The number of nitrogens with one attached hydrogen (secondary N) is 1. The molecule has 0 unspecified atom stereocenters. The van der Waals surface area contributed by atoms with Gasteiger partial charge in [0.2, 0.25) is 17.6 Å². The van der Waals surface area contributed by atoms with Gasteiger partial charge in [-0.15, -0.1) is 11.3 Å². The Labute approximate surface area is 145 Å². The zero-order chi connectivity index (χ0) is 16.1. The molecule has 0 aliphatic carbocycles. The highest BCUT2D eigenvalue weighted by Crippen LogP contribution is 2.22.